The maximum absolute atomic E-state index is 10.5. The van der Waals surface area contributed by atoms with E-state index in [0.29, 0.717) is 27.8 Å². The smallest absolute Gasteiger partial charge is 0.167 e. The van der Waals surface area contributed by atoms with Crippen LogP contribution in [0.5, 0.6) is 0 Å². The summed E-state index contributed by atoms with van der Waals surface area (Å²) in [6.45, 7) is 0. The Labute approximate surface area is 96.1 Å². The van der Waals surface area contributed by atoms with Crippen molar-refractivity contribution in [1.29, 1.82) is 0 Å². The topological polar surface area (TPSA) is 45.8 Å². The molecule has 3 nitrogen and oxygen atoms in total. The first kappa shape index (κ1) is 10.2. The minimum Gasteiger partial charge on any atom is -0.336 e. The number of rotatable bonds is 2. The van der Waals surface area contributed by atoms with Crippen molar-refractivity contribution in [2.45, 2.75) is 0 Å². The van der Waals surface area contributed by atoms with Crippen LogP contribution in [0.15, 0.2) is 24.4 Å². The van der Waals surface area contributed by atoms with E-state index in [2.05, 4.69) is 9.97 Å². The van der Waals surface area contributed by atoms with Gasteiger partial charge < -0.3 is 4.98 Å². The molecule has 1 aromatic heterocycles. The van der Waals surface area contributed by atoms with Crippen molar-refractivity contribution in [3.63, 3.8) is 0 Å². The van der Waals surface area contributed by atoms with Gasteiger partial charge in [0, 0.05) is 15.6 Å². The van der Waals surface area contributed by atoms with Gasteiger partial charge in [0.25, 0.3) is 0 Å². The number of aromatic nitrogens is 2. The highest BCUT2D eigenvalue weighted by Crippen LogP contribution is 2.25. The number of aldehydes is 1. The van der Waals surface area contributed by atoms with E-state index in [4.69, 9.17) is 23.2 Å². The average molecular weight is 241 g/mol. The first-order valence-corrected chi connectivity index (χ1v) is 4.91. The Hall–Kier alpha value is -1.32. The van der Waals surface area contributed by atoms with Crippen LogP contribution >= 0.6 is 23.2 Å². The summed E-state index contributed by atoms with van der Waals surface area (Å²) in [6, 6.07) is 5.08. The van der Waals surface area contributed by atoms with Crippen LogP contribution in [0.3, 0.4) is 0 Å². The van der Waals surface area contributed by atoms with Crippen molar-refractivity contribution in [2.24, 2.45) is 0 Å². The van der Waals surface area contributed by atoms with Gasteiger partial charge in [0.15, 0.2) is 6.29 Å². The maximum Gasteiger partial charge on any atom is 0.167 e. The second-order valence-corrected chi connectivity index (χ2v) is 3.84. The fourth-order valence-electron chi connectivity index (χ4n) is 1.23. The minimum atomic E-state index is 0.418. The van der Waals surface area contributed by atoms with Gasteiger partial charge in [-0.05, 0) is 18.2 Å². The molecule has 0 aliphatic rings. The summed E-state index contributed by atoms with van der Waals surface area (Å²) < 4.78 is 0. The SMILES string of the molecule is O=Cc1cnc(-c2cc(Cl)cc(Cl)c2)[nH]1. The van der Waals surface area contributed by atoms with Crippen LogP contribution in [0.1, 0.15) is 10.5 Å². The average Bonchev–Trinajstić information content (AvgIpc) is 2.64. The third-order valence-electron chi connectivity index (χ3n) is 1.86. The molecule has 0 saturated carbocycles. The highest BCUT2D eigenvalue weighted by Gasteiger charge is 2.05. The van der Waals surface area contributed by atoms with Crippen LogP contribution in [0.4, 0.5) is 0 Å². The molecule has 5 heteroatoms. The standard InChI is InChI=1S/C10H6Cl2N2O/c11-7-1-6(2-8(12)3-7)10-13-4-9(5-15)14-10/h1-5H,(H,13,14). The van der Waals surface area contributed by atoms with Crippen molar-refractivity contribution in [3.05, 3.63) is 40.1 Å². The van der Waals surface area contributed by atoms with Gasteiger partial charge in [0.2, 0.25) is 0 Å². The minimum absolute atomic E-state index is 0.418. The number of hydrogen-bond acceptors (Lipinski definition) is 2. The molecule has 76 valence electrons. The highest BCUT2D eigenvalue weighted by atomic mass is 35.5. The largest absolute Gasteiger partial charge is 0.336 e. The molecule has 0 amide bonds. The Balaban J connectivity index is 2.48. The van der Waals surface area contributed by atoms with E-state index in [1.807, 2.05) is 0 Å². The molecule has 0 radical (unpaired) electrons. The molecule has 0 spiro atoms. The van der Waals surface area contributed by atoms with E-state index in [-0.39, 0.29) is 0 Å². The van der Waals surface area contributed by atoms with Crippen molar-refractivity contribution >= 4 is 29.5 Å². The summed E-state index contributed by atoms with van der Waals surface area (Å²) in [4.78, 5) is 17.3. The number of nitrogens with zero attached hydrogens (tertiary/aromatic N) is 1. The number of aromatic amines is 1. The third kappa shape index (κ3) is 2.19. The zero-order chi connectivity index (χ0) is 10.8. The van der Waals surface area contributed by atoms with E-state index in [9.17, 15) is 4.79 Å². The van der Waals surface area contributed by atoms with Gasteiger partial charge in [0.1, 0.15) is 5.82 Å². The van der Waals surface area contributed by atoms with E-state index >= 15 is 0 Å². The van der Waals surface area contributed by atoms with Crippen LogP contribution in [0.2, 0.25) is 10.0 Å². The number of hydrogen-bond donors (Lipinski definition) is 1. The summed E-state index contributed by atoms with van der Waals surface area (Å²) in [5.74, 6) is 0.571. The van der Waals surface area contributed by atoms with Gasteiger partial charge in [-0.2, -0.15) is 0 Å². The lowest BCUT2D eigenvalue weighted by atomic mass is 10.2. The van der Waals surface area contributed by atoms with E-state index in [0.717, 1.165) is 5.56 Å². The summed E-state index contributed by atoms with van der Waals surface area (Å²) in [7, 11) is 0. The summed E-state index contributed by atoms with van der Waals surface area (Å²) >= 11 is 11.7. The van der Waals surface area contributed by atoms with Crippen LogP contribution in [0.25, 0.3) is 11.4 Å². The van der Waals surface area contributed by atoms with Crippen molar-refractivity contribution in [3.8, 4) is 11.4 Å². The Morgan fingerprint density at radius 2 is 1.87 bits per heavy atom. The molecule has 2 aromatic rings. The second-order valence-electron chi connectivity index (χ2n) is 2.96. The number of H-pyrrole nitrogens is 1. The molecule has 0 aliphatic heterocycles. The lowest BCUT2D eigenvalue weighted by Crippen LogP contribution is -1.82. The molecule has 1 heterocycles. The predicted octanol–water partition coefficient (Wildman–Crippen LogP) is 3.20. The van der Waals surface area contributed by atoms with Crippen LogP contribution < -0.4 is 0 Å². The molecule has 0 aliphatic carbocycles. The molecule has 0 fully saturated rings. The number of halogens is 2. The highest BCUT2D eigenvalue weighted by molar-refractivity contribution is 6.35. The summed E-state index contributed by atoms with van der Waals surface area (Å²) in [5.41, 5.74) is 1.17. The molecule has 1 aromatic carbocycles. The molecule has 0 bridgehead atoms. The molecule has 2 rings (SSSR count). The molecule has 1 N–H and O–H groups in total. The molecular formula is C10H6Cl2N2O. The number of benzene rings is 1. The molecule has 0 unspecified atom stereocenters. The quantitative estimate of drug-likeness (QED) is 0.820. The van der Waals surface area contributed by atoms with Gasteiger partial charge in [-0.1, -0.05) is 23.2 Å². The van der Waals surface area contributed by atoms with Gasteiger partial charge in [-0.3, -0.25) is 4.79 Å². The molecular weight excluding hydrogens is 235 g/mol. The first-order valence-electron chi connectivity index (χ1n) is 4.15. The lowest BCUT2D eigenvalue weighted by Gasteiger charge is -1.99. The number of carbonyl (C=O) groups excluding carboxylic acids is 1. The van der Waals surface area contributed by atoms with Gasteiger partial charge >= 0.3 is 0 Å². The Morgan fingerprint density at radius 3 is 2.40 bits per heavy atom. The summed E-state index contributed by atoms with van der Waals surface area (Å²) in [6.07, 6.45) is 2.15. The van der Waals surface area contributed by atoms with Crippen molar-refractivity contribution < 1.29 is 4.79 Å². The second kappa shape index (κ2) is 4.04. The Morgan fingerprint density at radius 1 is 1.20 bits per heavy atom. The van der Waals surface area contributed by atoms with Gasteiger partial charge in [0.05, 0.1) is 11.9 Å². The summed E-state index contributed by atoms with van der Waals surface area (Å²) in [5, 5.41) is 1.06. The maximum atomic E-state index is 10.5. The van der Waals surface area contributed by atoms with Gasteiger partial charge in [-0.25, -0.2) is 4.98 Å². The number of nitrogens with one attached hydrogen (secondary N) is 1. The zero-order valence-electron chi connectivity index (χ0n) is 7.50. The Bertz CT molecular complexity index is 488. The fraction of sp³-hybridized carbons (Fsp3) is 0. The zero-order valence-corrected chi connectivity index (χ0v) is 9.01. The first-order chi connectivity index (χ1) is 7.19. The van der Waals surface area contributed by atoms with Crippen LogP contribution in [0, 0.1) is 0 Å². The predicted molar refractivity (Wildman–Crippen MR) is 59.4 cm³/mol. The van der Waals surface area contributed by atoms with Gasteiger partial charge in [-0.15, -0.1) is 0 Å². The van der Waals surface area contributed by atoms with Crippen LogP contribution in [-0.2, 0) is 0 Å². The molecule has 15 heavy (non-hydrogen) atoms. The van der Waals surface area contributed by atoms with Crippen LogP contribution in [-0.4, -0.2) is 16.3 Å². The van der Waals surface area contributed by atoms with Crippen molar-refractivity contribution in [1.82, 2.24) is 9.97 Å². The lowest BCUT2D eigenvalue weighted by molar-refractivity contribution is 0.111. The van der Waals surface area contributed by atoms with E-state index < -0.39 is 0 Å². The van der Waals surface area contributed by atoms with E-state index in [1.165, 1.54) is 6.20 Å². The Kier molecular flexibility index (Phi) is 2.75. The normalized spacial score (nSPS) is 10.3. The monoisotopic (exact) mass is 240 g/mol. The fourth-order valence-corrected chi connectivity index (χ4v) is 1.76. The molecule has 0 saturated heterocycles. The van der Waals surface area contributed by atoms with E-state index in [1.54, 1.807) is 18.2 Å². The van der Waals surface area contributed by atoms with Crippen molar-refractivity contribution in [2.75, 3.05) is 0 Å². The number of imidazole rings is 1. The molecule has 0 atom stereocenters. The number of carbonyl (C=O) groups is 1. The third-order valence-corrected chi connectivity index (χ3v) is 2.29.